The number of hydrogen-bond acceptors (Lipinski definition) is 3. The molecule has 0 amide bonds. The van der Waals surface area contributed by atoms with Crippen LogP contribution in [0.25, 0.3) is 0 Å². The smallest absolute Gasteiger partial charge is 0.117 e. The summed E-state index contributed by atoms with van der Waals surface area (Å²) in [5, 5.41) is 10.4. The molecule has 1 aromatic heterocycles. The van der Waals surface area contributed by atoms with Crippen molar-refractivity contribution < 1.29 is 9.52 Å². The van der Waals surface area contributed by atoms with Crippen molar-refractivity contribution in [3.05, 3.63) is 59.0 Å². The van der Waals surface area contributed by atoms with Crippen LogP contribution < -0.4 is 0 Å². The zero-order chi connectivity index (χ0) is 15.2. The van der Waals surface area contributed by atoms with Gasteiger partial charge in [0.25, 0.3) is 0 Å². The third-order valence-corrected chi connectivity index (χ3v) is 3.75. The van der Waals surface area contributed by atoms with E-state index in [1.165, 1.54) is 11.1 Å². The Morgan fingerprint density at radius 2 is 1.90 bits per heavy atom. The van der Waals surface area contributed by atoms with Gasteiger partial charge in [-0.1, -0.05) is 36.2 Å². The number of aryl methyl sites for hydroxylation is 2. The molecule has 2 rings (SSSR count). The summed E-state index contributed by atoms with van der Waals surface area (Å²) in [5.74, 6) is 0.970. The third kappa shape index (κ3) is 4.73. The van der Waals surface area contributed by atoms with Crippen LogP contribution in [0.5, 0.6) is 0 Å². The number of aliphatic hydroxyl groups is 1. The zero-order valence-electron chi connectivity index (χ0n) is 13.2. The summed E-state index contributed by atoms with van der Waals surface area (Å²) in [7, 11) is 0. The largest absolute Gasteiger partial charge is 0.468 e. The summed E-state index contributed by atoms with van der Waals surface area (Å²) in [6, 6.07) is 10.2. The first-order chi connectivity index (χ1) is 10.1. The van der Waals surface area contributed by atoms with Crippen molar-refractivity contribution in [3.63, 3.8) is 0 Å². The maximum atomic E-state index is 10.4. The Hall–Kier alpha value is -1.58. The van der Waals surface area contributed by atoms with Crippen molar-refractivity contribution >= 4 is 0 Å². The van der Waals surface area contributed by atoms with E-state index in [2.05, 4.69) is 43.9 Å². The highest BCUT2D eigenvalue weighted by Crippen LogP contribution is 2.20. The van der Waals surface area contributed by atoms with E-state index >= 15 is 0 Å². The molecule has 3 heteroatoms. The van der Waals surface area contributed by atoms with Crippen molar-refractivity contribution in [2.75, 3.05) is 13.1 Å². The molecule has 1 aromatic carbocycles. The van der Waals surface area contributed by atoms with Crippen LogP contribution in [0.2, 0.25) is 0 Å². The quantitative estimate of drug-likeness (QED) is 0.840. The predicted molar refractivity (Wildman–Crippen MR) is 85.2 cm³/mol. The van der Waals surface area contributed by atoms with E-state index in [0.717, 1.165) is 37.4 Å². The monoisotopic (exact) mass is 287 g/mol. The van der Waals surface area contributed by atoms with E-state index in [4.69, 9.17) is 4.42 Å². The van der Waals surface area contributed by atoms with Gasteiger partial charge in [-0.15, -0.1) is 0 Å². The Balaban J connectivity index is 1.91. The average molecular weight is 287 g/mol. The van der Waals surface area contributed by atoms with Crippen LogP contribution in [0.1, 0.15) is 41.9 Å². The Kier molecular flexibility index (Phi) is 5.59. The van der Waals surface area contributed by atoms with Crippen LogP contribution in [0.4, 0.5) is 0 Å². The van der Waals surface area contributed by atoms with E-state index < -0.39 is 6.10 Å². The Bertz CT molecular complexity index is 528. The molecular formula is C18H25NO2. The van der Waals surface area contributed by atoms with Crippen molar-refractivity contribution in [1.29, 1.82) is 0 Å². The lowest BCUT2D eigenvalue weighted by Gasteiger charge is -2.21. The summed E-state index contributed by atoms with van der Waals surface area (Å²) in [5.41, 5.74) is 3.42. The molecule has 21 heavy (non-hydrogen) atoms. The average Bonchev–Trinajstić information content (AvgIpc) is 2.94. The molecule has 1 atom stereocenters. The molecule has 1 unspecified atom stereocenters. The molecule has 2 aromatic rings. The number of furan rings is 1. The molecule has 0 bridgehead atoms. The van der Waals surface area contributed by atoms with E-state index in [-0.39, 0.29) is 0 Å². The lowest BCUT2D eigenvalue weighted by Crippen LogP contribution is -2.25. The molecule has 0 saturated heterocycles. The van der Waals surface area contributed by atoms with Crippen LogP contribution in [0.15, 0.2) is 41.0 Å². The van der Waals surface area contributed by atoms with Gasteiger partial charge in [-0.2, -0.15) is 0 Å². The molecule has 0 radical (unpaired) electrons. The first-order valence-corrected chi connectivity index (χ1v) is 7.59. The van der Waals surface area contributed by atoms with Crippen molar-refractivity contribution in [2.45, 2.75) is 39.8 Å². The van der Waals surface area contributed by atoms with Crippen LogP contribution >= 0.6 is 0 Å². The van der Waals surface area contributed by atoms with Crippen LogP contribution in [-0.2, 0) is 6.54 Å². The second-order valence-corrected chi connectivity index (χ2v) is 5.67. The third-order valence-electron chi connectivity index (χ3n) is 3.75. The lowest BCUT2D eigenvalue weighted by molar-refractivity contribution is 0.138. The Labute approximate surface area is 127 Å². The second-order valence-electron chi connectivity index (χ2n) is 5.67. The summed E-state index contributed by atoms with van der Waals surface area (Å²) in [6.45, 7) is 8.86. The standard InChI is InChI=1S/C18H25NO2/c1-4-19(13-17-6-5-9-21-17)8-7-18(20)16-11-14(2)10-15(3)12-16/h5-6,9-12,18,20H,4,7-8,13H2,1-3H3. The summed E-state index contributed by atoms with van der Waals surface area (Å²) in [4.78, 5) is 2.28. The number of benzene rings is 1. The summed E-state index contributed by atoms with van der Waals surface area (Å²) >= 11 is 0. The maximum Gasteiger partial charge on any atom is 0.117 e. The highest BCUT2D eigenvalue weighted by Gasteiger charge is 2.12. The molecule has 1 N–H and O–H groups in total. The molecule has 1 heterocycles. The van der Waals surface area contributed by atoms with Gasteiger partial charge >= 0.3 is 0 Å². The van der Waals surface area contributed by atoms with E-state index in [9.17, 15) is 5.11 Å². The molecule has 0 saturated carbocycles. The maximum absolute atomic E-state index is 10.4. The molecule has 0 aliphatic carbocycles. The van der Waals surface area contributed by atoms with Crippen LogP contribution in [-0.4, -0.2) is 23.1 Å². The number of hydrogen-bond donors (Lipinski definition) is 1. The van der Waals surface area contributed by atoms with Crippen LogP contribution in [0, 0.1) is 13.8 Å². The van der Waals surface area contributed by atoms with E-state index in [0.29, 0.717) is 0 Å². The lowest BCUT2D eigenvalue weighted by atomic mass is 10.0. The predicted octanol–water partition coefficient (Wildman–Crippen LogP) is 3.84. The van der Waals surface area contributed by atoms with Gasteiger partial charge in [0.15, 0.2) is 0 Å². The first kappa shape index (κ1) is 15.8. The highest BCUT2D eigenvalue weighted by atomic mass is 16.3. The van der Waals surface area contributed by atoms with Gasteiger partial charge in [-0.3, -0.25) is 4.90 Å². The van der Waals surface area contributed by atoms with Gasteiger partial charge < -0.3 is 9.52 Å². The number of nitrogens with zero attached hydrogens (tertiary/aromatic N) is 1. The normalized spacial score (nSPS) is 12.8. The van der Waals surface area contributed by atoms with Crippen molar-refractivity contribution in [2.24, 2.45) is 0 Å². The molecule has 3 nitrogen and oxygen atoms in total. The topological polar surface area (TPSA) is 36.6 Å². The van der Waals surface area contributed by atoms with Gasteiger partial charge in [0.1, 0.15) is 5.76 Å². The van der Waals surface area contributed by atoms with Gasteiger partial charge in [-0.05, 0) is 44.5 Å². The van der Waals surface area contributed by atoms with E-state index in [1.54, 1.807) is 6.26 Å². The SMILES string of the molecule is CCN(CCC(O)c1cc(C)cc(C)c1)Cc1ccco1. The molecule has 0 fully saturated rings. The van der Waals surface area contributed by atoms with Gasteiger partial charge in [-0.25, -0.2) is 0 Å². The minimum atomic E-state index is -0.408. The Morgan fingerprint density at radius 1 is 1.19 bits per heavy atom. The molecule has 0 aliphatic heterocycles. The Morgan fingerprint density at radius 3 is 2.48 bits per heavy atom. The van der Waals surface area contributed by atoms with Gasteiger partial charge in [0.05, 0.1) is 18.9 Å². The highest BCUT2D eigenvalue weighted by molar-refractivity contribution is 5.29. The van der Waals surface area contributed by atoms with E-state index in [1.807, 2.05) is 12.1 Å². The molecule has 0 spiro atoms. The van der Waals surface area contributed by atoms with Gasteiger partial charge in [0.2, 0.25) is 0 Å². The summed E-state index contributed by atoms with van der Waals surface area (Å²) in [6.07, 6.45) is 2.03. The first-order valence-electron chi connectivity index (χ1n) is 7.59. The summed E-state index contributed by atoms with van der Waals surface area (Å²) < 4.78 is 5.38. The van der Waals surface area contributed by atoms with Crippen LogP contribution in [0.3, 0.4) is 0 Å². The number of aliphatic hydroxyl groups excluding tert-OH is 1. The van der Waals surface area contributed by atoms with Crippen molar-refractivity contribution in [3.8, 4) is 0 Å². The molecular weight excluding hydrogens is 262 g/mol. The zero-order valence-corrected chi connectivity index (χ0v) is 13.2. The van der Waals surface area contributed by atoms with Gasteiger partial charge in [0, 0.05) is 6.54 Å². The fourth-order valence-electron chi connectivity index (χ4n) is 2.65. The molecule has 0 aliphatic rings. The minimum absolute atomic E-state index is 0.408. The number of rotatable bonds is 7. The fourth-order valence-corrected chi connectivity index (χ4v) is 2.65. The fraction of sp³-hybridized carbons (Fsp3) is 0.444. The second kappa shape index (κ2) is 7.43. The molecule has 114 valence electrons. The van der Waals surface area contributed by atoms with Crippen molar-refractivity contribution in [1.82, 2.24) is 4.90 Å². The minimum Gasteiger partial charge on any atom is -0.468 e.